The third kappa shape index (κ3) is 5.18. The number of benzene rings is 2. The Kier molecular flexibility index (Phi) is 5.75. The highest BCUT2D eigenvalue weighted by molar-refractivity contribution is 7.88. The zero-order valence-corrected chi connectivity index (χ0v) is 14.9. The van der Waals surface area contributed by atoms with Gasteiger partial charge in [-0.05, 0) is 44.2 Å². The summed E-state index contributed by atoms with van der Waals surface area (Å²) in [5.41, 5.74) is 4.36. The third-order valence-corrected chi connectivity index (χ3v) is 4.96. The first-order valence-corrected chi connectivity index (χ1v) is 9.30. The van der Waals surface area contributed by atoms with Crippen LogP contribution < -0.4 is 10.0 Å². The summed E-state index contributed by atoms with van der Waals surface area (Å²) in [5, 5.41) is 2.88. The van der Waals surface area contributed by atoms with Gasteiger partial charge in [-0.25, -0.2) is 13.1 Å². The van der Waals surface area contributed by atoms with Crippen LogP contribution in [0.1, 0.15) is 32.6 Å². The van der Waals surface area contributed by atoms with Gasteiger partial charge in [-0.2, -0.15) is 0 Å². The molecule has 24 heavy (non-hydrogen) atoms. The van der Waals surface area contributed by atoms with Crippen molar-refractivity contribution in [1.82, 2.24) is 10.0 Å². The molecule has 0 spiro atoms. The van der Waals surface area contributed by atoms with E-state index in [-0.39, 0.29) is 11.7 Å². The molecule has 0 aromatic heterocycles. The Bertz CT molecular complexity index is 808. The Morgan fingerprint density at radius 2 is 1.50 bits per heavy atom. The average Bonchev–Trinajstić information content (AvgIpc) is 2.52. The van der Waals surface area contributed by atoms with E-state index in [4.69, 9.17) is 0 Å². The predicted octanol–water partition coefficient (Wildman–Crippen LogP) is 2.28. The van der Waals surface area contributed by atoms with E-state index in [1.807, 2.05) is 44.2 Å². The van der Waals surface area contributed by atoms with Crippen LogP contribution in [0.3, 0.4) is 0 Å². The molecule has 0 fully saturated rings. The van der Waals surface area contributed by atoms with Crippen LogP contribution >= 0.6 is 0 Å². The summed E-state index contributed by atoms with van der Waals surface area (Å²) in [6.45, 7) is 4.31. The fourth-order valence-corrected chi connectivity index (χ4v) is 3.21. The van der Waals surface area contributed by atoms with Crippen LogP contribution in [0.25, 0.3) is 0 Å². The van der Waals surface area contributed by atoms with Crippen LogP contribution in [0.15, 0.2) is 42.5 Å². The molecule has 0 bridgehead atoms. The van der Waals surface area contributed by atoms with E-state index in [2.05, 4.69) is 10.0 Å². The second kappa shape index (κ2) is 7.59. The molecule has 1 amide bonds. The van der Waals surface area contributed by atoms with Crippen molar-refractivity contribution >= 4 is 15.9 Å². The molecule has 5 nitrogen and oxygen atoms in total. The molecule has 0 aliphatic rings. The Morgan fingerprint density at radius 1 is 0.958 bits per heavy atom. The molecule has 0 saturated carbocycles. The molecular weight excluding hydrogens is 324 g/mol. The number of carbonyl (C=O) groups is 1. The van der Waals surface area contributed by atoms with Gasteiger partial charge in [0.15, 0.2) is 0 Å². The van der Waals surface area contributed by atoms with Crippen LogP contribution in [0, 0.1) is 13.8 Å². The topological polar surface area (TPSA) is 75.3 Å². The lowest BCUT2D eigenvalue weighted by Crippen LogP contribution is -2.23. The van der Waals surface area contributed by atoms with Crippen molar-refractivity contribution in [1.29, 1.82) is 0 Å². The molecule has 0 heterocycles. The van der Waals surface area contributed by atoms with Gasteiger partial charge >= 0.3 is 0 Å². The summed E-state index contributed by atoms with van der Waals surface area (Å²) in [6.07, 6.45) is 0. The molecular formula is C18H22N2O3S. The van der Waals surface area contributed by atoms with Crippen molar-refractivity contribution in [3.8, 4) is 0 Å². The summed E-state index contributed by atoms with van der Waals surface area (Å²) in [7, 11) is -1.88. The van der Waals surface area contributed by atoms with Crippen LogP contribution in [0.2, 0.25) is 0 Å². The number of amides is 1. The largest absolute Gasteiger partial charge is 0.348 e. The highest BCUT2D eigenvalue weighted by atomic mass is 32.2. The number of sulfonamides is 1. The van der Waals surface area contributed by atoms with E-state index in [0.717, 1.165) is 16.7 Å². The van der Waals surface area contributed by atoms with Gasteiger partial charge < -0.3 is 5.32 Å². The molecule has 2 N–H and O–H groups in total. The highest BCUT2D eigenvalue weighted by Gasteiger charge is 2.09. The SMILES string of the molecule is CNS(=O)(=O)Cc1ccc(CNC(=O)c2cc(C)cc(C)c2)cc1. The molecule has 2 aromatic rings. The molecule has 0 radical (unpaired) electrons. The molecule has 128 valence electrons. The fourth-order valence-electron chi connectivity index (χ4n) is 2.44. The van der Waals surface area contributed by atoms with Crippen molar-refractivity contribution in [2.45, 2.75) is 26.1 Å². The minimum atomic E-state index is -3.28. The first-order valence-electron chi connectivity index (χ1n) is 7.64. The Morgan fingerprint density at radius 3 is 2.04 bits per heavy atom. The van der Waals surface area contributed by atoms with E-state index in [0.29, 0.717) is 17.7 Å². The smallest absolute Gasteiger partial charge is 0.251 e. The molecule has 0 saturated heterocycles. The second-order valence-corrected chi connectivity index (χ2v) is 7.77. The lowest BCUT2D eigenvalue weighted by atomic mass is 10.1. The number of nitrogens with one attached hydrogen (secondary N) is 2. The summed E-state index contributed by atoms with van der Waals surface area (Å²) in [5.74, 6) is -0.178. The van der Waals surface area contributed by atoms with E-state index in [9.17, 15) is 13.2 Å². The zero-order chi connectivity index (χ0) is 17.7. The van der Waals surface area contributed by atoms with Crippen molar-refractivity contribution in [2.24, 2.45) is 0 Å². The molecule has 0 aliphatic heterocycles. The summed E-state index contributed by atoms with van der Waals surface area (Å²) in [4.78, 5) is 12.2. The summed E-state index contributed by atoms with van der Waals surface area (Å²) >= 11 is 0. The maximum absolute atomic E-state index is 12.2. The van der Waals surface area contributed by atoms with Gasteiger partial charge in [0.1, 0.15) is 0 Å². The number of hydrogen-bond acceptors (Lipinski definition) is 3. The van der Waals surface area contributed by atoms with E-state index < -0.39 is 10.0 Å². The van der Waals surface area contributed by atoms with Gasteiger partial charge in [0, 0.05) is 12.1 Å². The number of carbonyl (C=O) groups excluding carboxylic acids is 1. The minimum Gasteiger partial charge on any atom is -0.348 e. The molecule has 0 atom stereocenters. The standard InChI is InChI=1S/C18H22N2O3S/c1-13-8-14(2)10-17(9-13)18(21)20-11-15-4-6-16(7-5-15)12-24(22,23)19-3/h4-10,19H,11-12H2,1-3H3,(H,20,21). The molecule has 0 unspecified atom stereocenters. The monoisotopic (exact) mass is 346 g/mol. The van der Waals surface area contributed by atoms with E-state index in [1.54, 1.807) is 12.1 Å². The maximum atomic E-state index is 12.2. The minimum absolute atomic E-state index is 0.0568. The first kappa shape index (κ1) is 18.2. The molecule has 2 rings (SSSR count). The number of aryl methyl sites for hydroxylation is 2. The molecule has 2 aromatic carbocycles. The van der Waals surface area contributed by atoms with Gasteiger partial charge in [0.2, 0.25) is 10.0 Å². The van der Waals surface area contributed by atoms with Gasteiger partial charge in [0.05, 0.1) is 5.75 Å². The molecule has 6 heteroatoms. The van der Waals surface area contributed by atoms with Crippen molar-refractivity contribution < 1.29 is 13.2 Å². The first-order chi connectivity index (χ1) is 11.3. The summed E-state index contributed by atoms with van der Waals surface area (Å²) in [6, 6.07) is 12.9. The van der Waals surface area contributed by atoms with Gasteiger partial charge in [0.25, 0.3) is 5.91 Å². The van der Waals surface area contributed by atoms with E-state index >= 15 is 0 Å². The Hall–Kier alpha value is -2.18. The predicted molar refractivity (Wildman–Crippen MR) is 95.2 cm³/mol. The second-order valence-electron chi connectivity index (χ2n) is 5.84. The third-order valence-electron chi connectivity index (χ3n) is 3.63. The quantitative estimate of drug-likeness (QED) is 0.843. The fraction of sp³-hybridized carbons (Fsp3) is 0.278. The lowest BCUT2D eigenvalue weighted by Gasteiger charge is -2.08. The van der Waals surface area contributed by atoms with Crippen molar-refractivity contribution in [2.75, 3.05) is 7.05 Å². The highest BCUT2D eigenvalue weighted by Crippen LogP contribution is 2.10. The lowest BCUT2D eigenvalue weighted by molar-refractivity contribution is 0.0950. The van der Waals surface area contributed by atoms with Gasteiger partial charge in [-0.1, -0.05) is 41.5 Å². The zero-order valence-electron chi connectivity index (χ0n) is 14.1. The van der Waals surface area contributed by atoms with Crippen LogP contribution in [0.5, 0.6) is 0 Å². The van der Waals surface area contributed by atoms with Crippen LogP contribution in [0.4, 0.5) is 0 Å². The summed E-state index contributed by atoms with van der Waals surface area (Å²) < 4.78 is 25.3. The van der Waals surface area contributed by atoms with Gasteiger partial charge in [-0.3, -0.25) is 4.79 Å². The Balaban J connectivity index is 1.98. The maximum Gasteiger partial charge on any atom is 0.251 e. The van der Waals surface area contributed by atoms with Crippen molar-refractivity contribution in [3.05, 3.63) is 70.3 Å². The normalized spacial score (nSPS) is 11.3. The van der Waals surface area contributed by atoms with Crippen LogP contribution in [-0.4, -0.2) is 21.4 Å². The van der Waals surface area contributed by atoms with Crippen LogP contribution in [-0.2, 0) is 22.3 Å². The average molecular weight is 346 g/mol. The van der Waals surface area contributed by atoms with E-state index in [1.165, 1.54) is 7.05 Å². The Labute approximate surface area is 143 Å². The number of hydrogen-bond donors (Lipinski definition) is 2. The number of rotatable bonds is 6. The van der Waals surface area contributed by atoms with Gasteiger partial charge in [-0.15, -0.1) is 0 Å². The molecule has 0 aliphatic carbocycles. The van der Waals surface area contributed by atoms with Crippen molar-refractivity contribution in [3.63, 3.8) is 0 Å².